The number of nitrogens with two attached hydrogens (primary N) is 1. The lowest BCUT2D eigenvalue weighted by molar-refractivity contribution is 1.35. The van der Waals surface area contributed by atoms with E-state index in [0.29, 0.717) is 0 Å². The summed E-state index contributed by atoms with van der Waals surface area (Å²) in [5, 5.41) is 0. The normalized spacial score (nSPS) is 11.6. The van der Waals surface area contributed by atoms with E-state index in [-0.39, 0.29) is 0 Å². The monoisotopic (exact) mass is 97.1 g/mol. The molecular weight excluding hydrogens is 86.1 g/mol. The third-order valence-corrected chi connectivity index (χ3v) is 0.644. The van der Waals surface area contributed by atoms with Crippen LogP contribution in [0.1, 0.15) is 13.3 Å². The fraction of sp³-hybridized carbons (Fsp3) is 0.333. The van der Waals surface area contributed by atoms with E-state index in [1.54, 1.807) is 6.20 Å². The Bertz CT molecular complexity index is 62.2. The summed E-state index contributed by atoms with van der Waals surface area (Å²) in [6.45, 7) is 1.99. The third-order valence-electron chi connectivity index (χ3n) is 0.644. The standard InChI is InChI=1S/C6H11N/c1-2-3-4-5-6-7/h2-3,5-6H,4,7H2,1H3. The van der Waals surface area contributed by atoms with Crippen molar-refractivity contribution in [3.8, 4) is 0 Å². The number of hydrogen-bond donors (Lipinski definition) is 1. The minimum absolute atomic E-state index is 0.951. The van der Waals surface area contributed by atoms with Gasteiger partial charge in [-0.05, 0) is 19.5 Å². The molecule has 0 atom stereocenters. The van der Waals surface area contributed by atoms with Crippen molar-refractivity contribution in [3.05, 3.63) is 24.4 Å². The quantitative estimate of drug-likeness (QED) is 0.518. The summed E-state index contributed by atoms with van der Waals surface area (Å²) in [7, 11) is 0. The van der Waals surface area contributed by atoms with Crippen LogP contribution in [-0.2, 0) is 0 Å². The van der Waals surface area contributed by atoms with Crippen molar-refractivity contribution in [1.82, 2.24) is 0 Å². The van der Waals surface area contributed by atoms with E-state index in [4.69, 9.17) is 5.73 Å². The van der Waals surface area contributed by atoms with E-state index in [2.05, 4.69) is 0 Å². The average Bonchev–Trinajstić information content (AvgIpc) is 1.69. The second kappa shape index (κ2) is 5.28. The lowest BCUT2D eigenvalue weighted by Gasteiger charge is -1.73. The van der Waals surface area contributed by atoms with Crippen LogP contribution >= 0.6 is 0 Å². The molecule has 0 aromatic heterocycles. The van der Waals surface area contributed by atoms with Crippen LogP contribution in [0.15, 0.2) is 24.4 Å². The van der Waals surface area contributed by atoms with Gasteiger partial charge < -0.3 is 5.73 Å². The highest BCUT2D eigenvalue weighted by atomic mass is 14.5. The smallest absolute Gasteiger partial charge is 0.00999 e. The topological polar surface area (TPSA) is 26.0 Å². The van der Waals surface area contributed by atoms with Crippen molar-refractivity contribution in [2.24, 2.45) is 5.73 Å². The molecule has 0 aromatic carbocycles. The van der Waals surface area contributed by atoms with Gasteiger partial charge in [0.25, 0.3) is 0 Å². The highest BCUT2D eigenvalue weighted by Gasteiger charge is 1.61. The SMILES string of the molecule is CC=CCC=CN. The van der Waals surface area contributed by atoms with Gasteiger partial charge in [0.1, 0.15) is 0 Å². The molecule has 0 saturated carbocycles. The number of rotatable bonds is 2. The first-order valence-corrected chi connectivity index (χ1v) is 2.39. The Hall–Kier alpha value is -0.720. The van der Waals surface area contributed by atoms with Crippen molar-refractivity contribution in [3.63, 3.8) is 0 Å². The van der Waals surface area contributed by atoms with E-state index in [9.17, 15) is 0 Å². The fourth-order valence-electron chi connectivity index (χ4n) is 0.293. The van der Waals surface area contributed by atoms with Crippen LogP contribution in [0.3, 0.4) is 0 Å². The highest BCUT2D eigenvalue weighted by molar-refractivity contribution is 4.88. The molecule has 0 aliphatic rings. The minimum Gasteiger partial charge on any atom is -0.405 e. The molecule has 1 nitrogen and oxygen atoms in total. The first-order valence-electron chi connectivity index (χ1n) is 2.39. The average molecular weight is 97.2 g/mol. The largest absolute Gasteiger partial charge is 0.405 e. The van der Waals surface area contributed by atoms with Gasteiger partial charge in [0.2, 0.25) is 0 Å². The van der Waals surface area contributed by atoms with Gasteiger partial charge in [0.05, 0.1) is 0 Å². The molecule has 0 rings (SSSR count). The van der Waals surface area contributed by atoms with E-state index < -0.39 is 0 Å². The Balaban J connectivity index is 2.98. The molecular formula is C6H11N. The van der Waals surface area contributed by atoms with Crippen LogP contribution in [-0.4, -0.2) is 0 Å². The highest BCUT2D eigenvalue weighted by Crippen LogP contribution is 1.80. The van der Waals surface area contributed by atoms with E-state index >= 15 is 0 Å². The maximum absolute atomic E-state index is 5.05. The van der Waals surface area contributed by atoms with E-state index in [1.165, 1.54) is 0 Å². The van der Waals surface area contributed by atoms with Gasteiger partial charge in [-0.25, -0.2) is 0 Å². The molecule has 0 aliphatic heterocycles. The maximum atomic E-state index is 5.05. The molecule has 7 heavy (non-hydrogen) atoms. The van der Waals surface area contributed by atoms with Gasteiger partial charge in [-0.3, -0.25) is 0 Å². The summed E-state index contributed by atoms with van der Waals surface area (Å²) in [5.74, 6) is 0. The Morgan fingerprint density at radius 2 is 2.14 bits per heavy atom. The Labute approximate surface area is 44.5 Å². The molecule has 0 spiro atoms. The van der Waals surface area contributed by atoms with Gasteiger partial charge in [0.15, 0.2) is 0 Å². The fourth-order valence-corrected chi connectivity index (χ4v) is 0.293. The number of hydrogen-bond acceptors (Lipinski definition) is 1. The van der Waals surface area contributed by atoms with Crippen LogP contribution in [0.4, 0.5) is 0 Å². The van der Waals surface area contributed by atoms with Crippen molar-refractivity contribution in [2.75, 3.05) is 0 Å². The molecule has 0 heterocycles. The second-order valence-corrected chi connectivity index (χ2v) is 1.23. The first-order chi connectivity index (χ1) is 3.41. The first kappa shape index (κ1) is 6.28. The van der Waals surface area contributed by atoms with Crippen LogP contribution in [0, 0.1) is 0 Å². The van der Waals surface area contributed by atoms with Crippen LogP contribution < -0.4 is 5.73 Å². The van der Waals surface area contributed by atoms with Crippen LogP contribution in [0.2, 0.25) is 0 Å². The van der Waals surface area contributed by atoms with Gasteiger partial charge in [-0.1, -0.05) is 18.2 Å². The molecule has 0 aliphatic carbocycles. The molecule has 0 amide bonds. The van der Waals surface area contributed by atoms with Gasteiger partial charge in [-0.15, -0.1) is 0 Å². The predicted octanol–water partition coefficient (Wildman–Crippen LogP) is 1.43. The molecule has 0 fully saturated rings. The molecule has 0 aromatic rings. The number of allylic oxidation sites excluding steroid dienone is 3. The Morgan fingerprint density at radius 1 is 1.43 bits per heavy atom. The molecule has 1 heteroatoms. The summed E-state index contributed by atoms with van der Waals surface area (Å²) in [5.41, 5.74) is 5.05. The van der Waals surface area contributed by atoms with Crippen molar-refractivity contribution in [1.29, 1.82) is 0 Å². The van der Waals surface area contributed by atoms with Gasteiger partial charge >= 0.3 is 0 Å². The van der Waals surface area contributed by atoms with Gasteiger partial charge in [0, 0.05) is 0 Å². The Kier molecular flexibility index (Phi) is 4.74. The zero-order chi connectivity index (χ0) is 5.54. The lowest BCUT2D eigenvalue weighted by atomic mass is 10.4. The third kappa shape index (κ3) is 5.28. The molecule has 0 bridgehead atoms. The van der Waals surface area contributed by atoms with Gasteiger partial charge in [-0.2, -0.15) is 0 Å². The molecule has 2 N–H and O–H groups in total. The van der Waals surface area contributed by atoms with Crippen molar-refractivity contribution >= 4 is 0 Å². The Morgan fingerprint density at radius 3 is 2.57 bits per heavy atom. The predicted molar refractivity (Wildman–Crippen MR) is 32.8 cm³/mol. The van der Waals surface area contributed by atoms with Crippen molar-refractivity contribution in [2.45, 2.75) is 13.3 Å². The molecule has 0 radical (unpaired) electrons. The second-order valence-electron chi connectivity index (χ2n) is 1.23. The lowest BCUT2D eigenvalue weighted by Crippen LogP contribution is -1.73. The summed E-state index contributed by atoms with van der Waals surface area (Å²) < 4.78 is 0. The van der Waals surface area contributed by atoms with Crippen molar-refractivity contribution < 1.29 is 0 Å². The summed E-state index contributed by atoms with van der Waals surface area (Å²) in [6, 6.07) is 0. The summed E-state index contributed by atoms with van der Waals surface area (Å²) >= 11 is 0. The molecule has 40 valence electrons. The zero-order valence-electron chi connectivity index (χ0n) is 4.59. The molecule has 0 saturated heterocycles. The zero-order valence-corrected chi connectivity index (χ0v) is 4.59. The van der Waals surface area contributed by atoms with E-state index in [1.807, 2.05) is 25.2 Å². The van der Waals surface area contributed by atoms with Crippen LogP contribution in [0.25, 0.3) is 0 Å². The minimum atomic E-state index is 0.951. The maximum Gasteiger partial charge on any atom is -0.00999 e. The molecule has 0 unspecified atom stereocenters. The van der Waals surface area contributed by atoms with Crippen LogP contribution in [0.5, 0.6) is 0 Å². The summed E-state index contributed by atoms with van der Waals surface area (Å²) in [4.78, 5) is 0. The van der Waals surface area contributed by atoms with E-state index in [0.717, 1.165) is 6.42 Å². The summed E-state index contributed by atoms with van der Waals surface area (Å²) in [6.07, 6.45) is 8.45.